The number of rotatable bonds is 3. The normalized spacial score (nSPS) is 23.5. The lowest BCUT2D eigenvalue weighted by atomic mass is 10.2. The van der Waals surface area contributed by atoms with E-state index in [0.717, 1.165) is 25.9 Å². The van der Waals surface area contributed by atoms with E-state index in [2.05, 4.69) is 4.90 Å². The summed E-state index contributed by atoms with van der Waals surface area (Å²) in [6, 6.07) is 0. The number of hydrogen-bond acceptors (Lipinski definition) is 4. The first-order chi connectivity index (χ1) is 9.58. The van der Waals surface area contributed by atoms with Gasteiger partial charge in [-0.25, -0.2) is 0 Å². The van der Waals surface area contributed by atoms with E-state index >= 15 is 0 Å². The highest BCUT2D eigenvalue weighted by molar-refractivity contribution is 5.89. The number of likely N-dealkylation sites (tertiary alicyclic amines) is 1. The quantitative estimate of drug-likeness (QED) is 0.781. The molecular weight excluding hydrogens is 327 g/mol. The summed E-state index contributed by atoms with van der Waals surface area (Å²) in [5.74, 6) is 0.275. The molecule has 1 saturated carbocycles. The molecular formula is C14H26Cl2N4O2. The van der Waals surface area contributed by atoms with E-state index < -0.39 is 5.54 Å². The van der Waals surface area contributed by atoms with Gasteiger partial charge in [0.2, 0.25) is 11.8 Å². The molecule has 0 aromatic heterocycles. The third kappa shape index (κ3) is 4.25. The van der Waals surface area contributed by atoms with Gasteiger partial charge in [0.25, 0.3) is 0 Å². The smallest absolute Gasteiger partial charge is 0.242 e. The van der Waals surface area contributed by atoms with Gasteiger partial charge >= 0.3 is 0 Å². The van der Waals surface area contributed by atoms with Crippen LogP contribution in [0.2, 0.25) is 0 Å². The minimum Gasteiger partial charge on any atom is -0.338 e. The summed E-state index contributed by atoms with van der Waals surface area (Å²) in [7, 11) is 0. The Labute approximate surface area is 144 Å². The molecule has 3 aliphatic rings. The minimum atomic E-state index is -0.582. The molecule has 2 amide bonds. The van der Waals surface area contributed by atoms with Gasteiger partial charge in [-0.2, -0.15) is 0 Å². The van der Waals surface area contributed by atoms with E-state index in [1.807, 2.05) is 9.80 Å². The van der Waals surface area contributed by atoms with Gasteiger partial charge in [-0.15, -0.1) is 24.8 Å². The Bertz CT molecular complexity index is 404. The second-order valence-corrected chi connectivity index (χ2v) is 6.31. The molecule has 128 valence electrons. The Balaban J connectivity index is 0.00000121. The van der Waals surface area contributed by atoms with Crippen molar-refractivity contribution < 1.29 is 9.59 Å². The molecule has 0 radical (unpaired) electrons. The first-order valence-corrected chi connectivity index (χ1v) is 7.67. The molecule has 0 unspecified atom stereocenters. The summed E-state index contributed by atoms with van der Waals surface area (Å²) in [4.78, 5) is 30.3. The average molecular weight is 353 g/mol. The highest BCUT2D eigenvalue weighted by atomic mass is 35.5. The van der Waals surface area contributed by atoms with Crippen LogP contribution in [0.3, 0.4) is 0 Å². The third-order valence-electron chi connectivity index (χ3n) is 4.69. The van der Waals surface area contributed by atoms with Gasteiger partial charge in [-0.1, -0.05) is 0 Å². The standard InChI is InChI=1S/C14H24N4O2.2ClH/c15-14(3-4-14)13(20)18-9-7-17(8-10-18)12(19)11-16-5-1-2-6-16;;/h1-11,15H2;2*1H. The predicted octanol–water partition coefficient (Wildman–Crippen LogP) is 0.0879. The maximum Gasteiger partial charge on any atom is 0.242 e. The Morgan fingerprint density at radius 1 is 0.864 bits per heavy atom. The molecule has 2 heterocycles. The van der Waals surface area contributed by atoms with Crippen molar-refractivity contribution in [3.05, 3.63) is 0 Å². The fourth-order valence-corrected chi connectivity index (χ4v) is 3.05. The molecule has 0 bridgehead atoms. The minimum absolute atomic E-state index is 0. The zero-order valence-electron chi connectivity index (χ0n) is 12.8. The van der Waals surface area contributed by atoms with Gasteiger partial charge < -0.3 is 15.5 Å². The second kappa shape index (κ2) is 7.81. The van der Waals surface area contributed by atoms with Crippen LogP contribution in [-0.4, -0.2) is 77.9 Å². The Hall–Kier alpha value is -0.560. The maximum atomic E-state index is 12.2. The van der Waals surface area contributed by atoms with E-state index in [4.69, 9.17) is 5.73 Å². The molecule has 3 fully saturated rings. The van der Waals surface area contributed by atoms with E-state index in [1.165, 1.54) is 12.8 Å². The lowest BCUT2D eigenvalue weighted by Gasteiger charge is -2.36. The van der Waals surface area contributed by atoms with Crippen molar-refractivity contribution in [1.82, 2.24) is 14.7 Å². The van der Waals surface area contributed by atoms with E-state index in [-0.39, 0.29) is 36.6 Å². The van der Waals surface area contributed by atoms with Gasteiger partial charge in [0, 0.05) is 26.2 Å². The van der Waals surface area contributed by atoms with Crippen LogP contribution in [0.4, 0.5) is 0 Å². The Morgan fingerprint density at radius 3 is 1.86 bits per heavy atom. The maximum absolute atomic E-state index is 12.2. The molecule has 0 spiro atoms. The van der Waals surface area contributed by atoms with Crippen LogP contribution in [0.25, 0.3) is 0 Å². The SMILES string of the molecule is Cl.Cl.NC1(C(=O)N2CCN(C(=O)CN3CCCC3)CC2)CC1. The van der Waals surface area contributed by atoms with Crippen LogP contribution in [0.1, 0.15) is 25.7 Å². The first kappa shape index (κ1) is 19.5. The largest absolute Gasteiger partial charge is 0.338 e. The molecule has 2 aliphatic heterocycles. The van der Waals surface area contributed by atoms with Crippen molar-refractivity contribution in [2.24, 2.45) is 5.73 Å². The van der Waals surface area contributed by atoms with Gasteiger partial charge in [-0.3, -0.25) is 14.5 Å². The number of halogens is 2. The number of carbonyl (C=O) groups excluding carboxylic acids is 2. The zero-order valence-corrected chi connectivity index (χ0v) is 14.5. The van der Waals surface area contributed by atoms with Gasteiger partial charge in [0.1, 0.15) is 0 Å². The highest BCUT2D eigenvalue weighted by Gasteiger charge is 2.48. The molecule has 2 N–H and O–H groups in total. The molecule has 3 rings (SSSR count). The summed E-state index contributed by atoms with van der Waals surface area (Å²) < 4.78 is 0. The molecule has 1 aliphatic carbocycles. The summed E-state index contributed by atoms with van der Waals surface area (Å²) in [6.45, 7) is 5.17. The van der Waals surface area contributed by atoms with Crippen molar-refractivity contribution in [3.8, 4) is 0 Å². The predicted molar refractivity (Wildman–Crippen MR) is 89.5 cm³/mol. The van der Waals surface area contributed by atoms with Crippen LogP contribution in [0.15, 0.2) is 0 Å². The van der Waals surface area contributed by atoms with Crippen molar-refractivity contribution in [2.75, 3.05) is 45.8 Å². The molecule has 0 atom stereocenters. The van der Waals surface area contributed by atoms with Crippen LogP contribution < -0.4 is 5.73 Å². The van der Waals surface area contributed by atoms with Crippen LogP contribution in [-0.2, 0) is 9.59 Å². The van der Waals surface area contributed by atoms with Crippen LogP contribution >= 0.6 is 24.8 Å². The topological polar surface area (TPSA) is 69.9 Å². The first-order valence-electron chi connectivity index (χ1n) is 7.67. The molecule has 6 nitrogen and oxygen atoms in total. The Kier molecular flexibility index (Phi) is 6.92. The average Bonchev–Trinajstić information content (AvgIpc) is 3.01. The lowest BCUT2D eigenvalue weighted by Crippen LogP contribution is -2.56. The van der Waals surface area contributed by atoms with Crippen molar-refractivity contribution in [2.45, 2.75) is 31.2 Å². The van der Waals surface area contributed by atoms with Crippen LogP contribution in [0, 0.1) is 0 Å². The van der Waals surface area contributed by atoms with E-state index in [9.17, 15) is 9.59 Å². The molecule has 2 saturated heterocycles. The third-order valence-corrected chi connectivity index (χ3v) is 4.69. The van der Waals surface area contributed by atoms with E-state index in [0.29, 0.717) is 32.7 Å². The number of amides is 2. The number of nitrogens with zero attached hydrogens (tertiary/aromatic N) is 3. The highest BCUT2D eigenvalue weighted by Crippen LogP contribution is 2.34. The fourth-order valence-electron chi connectivity index (χ4n) is 3.05. The Morgan fingerprint density at radius 2 is 1.36 bits per heavy atom. The van der Waals surface area contributed by atoms with E-state index in [1.54, 1.807) is 0 Å². The second-order valence-electron chi connectivity index (χ2n) is 6.31. The number of piperazine rings is 1. The summed E-state index contributed by atoms with van der Waals surface area (Å²) in [5, 5.41) is 0. The molecule has 22 heavy (non-hydrogen) atoms. The lowest BCUT2D eigenvalue weighted by molar-refractivity contribution is -0.141. The van der Waals surface area contributed by atoms with Crippen molar-refractivity contribution in [1.29, 1.82) is 0 Å². The summed E-state index contributed by atoms with van der Waals surface area (Å²) in [5.41, 5.74) is 5.36. The molecule has 0 aromatic carbocycles. The molecule has 0 aromatic rings. The molecule has 8 heteroatoms. The summed E-state index contributed by atoms with van der Waals surface area (Å²) >= 11 is 0. The number of nitrogens with two attached hydrogens (primary N) is 1. The van der Waals surface area contributed by atoms with Gasteiger partial charge in [0.05, 0.1) is 12.1 Å². The van der Waals surface area contributed by atoms with Crippen molar-refractivity contribution in [3.63, 3.8) is 0 Å². The number of hydrogen-bond donors (Lipinski definition) is 1. The van der Waals surface area contributed by atoms with Gasteiger partial charge in [-0.05, 0) is 38.8 Å². The summed E-state index contributed by atoms with van der Waals surface area (Å²) in [6.07, 6.45) is 4.02. The zero-order chi connectivity index (χ0) is 14.2. The monoisotopic (exact) mass is 352 g/mol. The van der Waals surface area contributed by atoms with Crippen molar-refractivity contribution >= 4 is 36.6 Å². The van der Waals surface area contributed by atoms with Crippen LogP contribution in [0.5, 0.6) is 0 Å². The fraction of sp³-hybridized carbons (Fsp3) is 0.857. The van der Waals surface area contributed by atoms with Gasteiger partial charge in [0.15, 0.2) is 0 Å². The number of carbonyl (C=O) groups is 2.